The zero-order valence-corrected chi connectivity index (χ0v) is 11.6. The molecule has 1 heterocycles. The van der Waals surface area contributed by atoms with Crippen molar-refractivity contribution < 1.29 is 9.53 Å². The number of esters is 1. The Morgan fingerprint density at radius 1 is 1.56 bits per heavy atom. The maximum Gasteiger partial charge on any atom is 0.367 e. The molecule has 1 fully saturated rings. The average molecular weight is 304 g/mol. The standard InChI is InChI=1S/C11H14BrNO2S/c1-2-15-11(14)10-13-8(9(12)16-10)7-5-3-4-6-7/h7H,2-6H2,1H3. The molecule has 0 N–H and O–H groups in total. The van der Waals surface area contributed by atoms with Gasteiger partial charge in [-0.05, 0) is 35.7 Å². The van der Waals surface area contributed by atoms with Crippen LogP contribution in [0.3, 0.4) is 0 Å². The molecule has 1 aromatic heterocycles. The summed E-state index contributed by atoms with van der Waals surface area (Å²) in [5, 5.41) is 0.468. The fourth-order valence-electron chi connectivity index (χ4n) is 2.04. The number of carbonyl (C=O) groups excluding carboxylic acids is 1. The van der Waals surface area contributed by atoms with Crippen molar-refractivity contribution in [2.45, 2.75) is 38.5 Å². The molecular formula is C11H14BrNO2S. The summed E-state index contributed by atoms with van der Waals surface area (Å²) in [5.74, 6) is 0.214. The van der Waals surface area contributed by atoms with Crippen molar-refractivity contribution in [2.24, 2.45) is 0 Å². The molecule has 0 saturated heterocycles. The summed E-state index contributed by atoms with van der Waals surface area (Å²) < 4.78 is 5.94. The van der Waals surface area contributed by atoms with Gasteiger partial charge < -0.3 is 4.74 Å². The number of ether oxygens (including phenoxy) is 1. The highest BCUT2D eigenvalue weighted by molar-refractivity contribution is 9.11. The predicted octanol–water partition coefficient (Wildman–Crippen LogP) is 3.74. The van der Waals surface area contributed by atoms with Gasteiger partial charge in [-0.1, -0.05) is 24.2 Å². The maximum atomic E-state index is 11.5. The smallest absolute Gasteiger partial charge is 0.367 e. The lowest BCUT2D eigenvalue weighted by molar-refractivity contribution is 0.0525. The molecular weight excluding hydrogens is 290 g/mol. The van der Waals surface area contributed by atoms with Crippen LogP contribution in [0.4, 0.5) is 0 Å². The van der Waals surface area contributed by atoms with Crippen molar-refractivity contribution in [3.63, 3.8) is 0 Å². The van der Waals surface area contributed by atoms with Crippen LogP contribution in [0.1, 0.15) is 54.0 Å². The number of carbonyl (C=O) groups is 1. The molecule has 0 unspecified atom stereocenters. The van der Waals surface area contributed by atoms with Crippen molar-refractivity contribution in [3.05, 3.63) is 14.5 Å². The van der Waals surface area contributed by atoms with Crippen LogP contribution in [0.2, 0.25) is 0 Å². The lowest BCUT2D eigenvalue weighted by atomic mass is 10.1. The fourth-order valence-corrected chi connectivity index (χ4v) is 3.69. The van der Waals surface area contributed by atoms with Crippen molar-refractivity contribution in [1.29, 1.82) is 0 Å². The minimum absolute atomic E-state index is 0.308. The Morgan fingerprint density at radius 3 is 2.88 bits per heavy atom. The Bertz CT molecular complexity index is 385. The first-order valence-electron chi connectivity index (χ1n) is 5.55. The van der Waals surface area contributed by atoms with Gasteiger partial charge in [0.25, 0.3) is 0 Å². The minimum atomic E-state index is -0.308. The average Bonchev–Trinajstić information content (AvgIpc) is 2.86. The van der Waals surface area contributed by atoms with Crippen LogP contribution >= 0.6 is 27.3 Å². The summed E-state index contributed by atoms with van der Waals surface area (Å²) in [5.41, 5.74) is 1.05. The van der Waals surface area contributed by atoms with Gasteiger partial charge in [0.1, 0.15) is 0 Å². The SMILES string of the molecule is CCOC(=O)c1nc(C2CCCC2)c(Br)s1. The van der Waals surface area contributed by atoms with Crippen LogP contribution in [-0.2, 0) is 4.74 Å². The van der Waals surface area contributed by atoms with Crippen LogP contribution in [0, 0.1) is 0 Å². The molecule has 2 rings (SSSR count). The minimum Gasteiger partial charge on any atom is -0.461 e. The summed E-state index contributed by atoms with van der Waals surface area (Å²) in [7, 11) is 0. The number of nitrogens with zero attached hydrogens (tertiary/aromatic N) is 1. The summed E-state index contributed by atoms with van der Waals surface area (Å²) in [4.78, 5) is 15.9. The highest BCUT2D eigenvalue weighted by atomic mass is 79.9. The van der Waals surface area contributed by atoms with Crippen molar-refractivity contribution >= 4 is 33.2 Å². The van der Waals surface area contributed by atoms with E-state index in [2.05, 4.69) is 20.9 Å². The molecule has 1 aliphatic carbocycles. The number of rotatable bonds is 3. The van der Waals surface area contributed by atoms with E-state index in [0.717, 1.165) is 9.48 Å². The van der Waals surface area contributed by atoms with E-state index < -0.39 is 0 Å². The molecule has 1 aliphatic rings. The van der Waals surface area contributed by atoms with E-state index >= 15 is 0 Å². The van der Waals surface area contributed by atoms with Crippen LogP contribution in [0.25, 0.3) is 0 Å². The Balaban J connectivity index is 2.17. The second kappa shape index (κ2) is 5.27. The van der Waals surface area contributed by atoms with E-state index in [9.17, 15) is 4.79 Å². The van der Waals surface area contributed by atoms with Gasteiger partial charge in [0.05, 0.1) is 16.1 Å². The van der Waals surface area contributed by atoms with Gasteiger partial charge in [0, 0.05) is 5.92 Å². The summed E-state index contributed by atoms with van der Waals surface area (Å²) >= 11 is 4.88. The zero-order chi connectivity index (χ0) is 11.5. The lowest BCUT2D eigenvalue weighted by Gasteiger charge is -2.04. The molecule has 0 radical (unpaired) electrons. The molecule has 1 aromatic rings. The molecule has 0 bridgehead atoms. The first kappa shape index (κ1) is 12.0. The van der Waals surface area contributed by atoms with Gasteiger partial charge >= 0.3 is 5.97 Å². The third-order valence-corrected chi connectivity index (χ3v) is 4.53. The van der Waals surface area contributed by atoms with Gasteiger partial charge in [-0.3, -0.25) is 0 Å². The van der Waals surface area contributed by atoms with Gasteiger partial charge in [-0.2, -0.15) is 0 Å². The molecule has 88 valence electrons. The van der Waals surface area contributed by atoms with Crippen molar-refractivity contribution in [3.8, 4) is 0 Å². The Hall–Kier alpha value is -0.420. The van der Waals surface area contributed by atoms with E-state index in [1.54, 1.807) is 6.92 Å². The fraction of sp³-hybridized carbons (Fsp3) is 0.636. The molecule has 16 heavy (non-hydrogen) atoms. The van der Waals surface area contributed by atoms with Gasteiger partial charge in [0.15, 0.2) is 0 Å². The predicted molar refractivity (Wildman–Crippen MR) is 67.0 cm³/mol. The Kier molecular flexibility index (Phi) is 3.97. The number of aromatic nitrogens is 1. The summed E-state index contributed by atoms with van der Waals surface area (Å²) in [6.45, 7) is 2.20. The van der Waals surface area contributed by atoms with Crippen molar-refractivity contribution in [2.75, 3.05) is 6.61 Å². The molecule has 1 saturated carbocycles. The van der Waals surface area contributed by atoms with E-state index in [-0.39, 0.29) is 5.97 Å². The zero-order valence-electron chi connectivity index (χ0n) is 9.16. The Morgan fingerprint density at radius 2 is 2.25 bits per heavy atom. The van der Waals surface area contributed by atoms with Crippen LogP contribution in [-0.4, -0.2) is 17.6 Å². The van der Waals surface area contributed by atoms with Crippen molar-refractivity contribution in [1.82, 2.24) is 4.98 Å². The third kappa shape index (κ3) is 2.46. The first-order chi connectivity index (χ1) is 7.72. The highest BCUT2D eigenvalue weighted by Crippen LogP contribution is 2.39. The largest absolute Gasteiger partial charge is 0.461 e. The van der Waals surface area contributed by atoms with Gasteiger partial charge in [-0.25, -0.2) is 9.78 Å². The normalized spacial score (nSPS) is 16.6. The molecule has 0 amide bonds. The highest BCUT2D eigenvalue weighted by Gasteiger charge is 2.25. The number of halogens is 1. The summed E-state index contributed by atoms with van der Waals surface area (Å²) in [6.07, 6.45) is 4.90. The first-order valence-corrected chi connectivity index (χ1v) is 7.16. The second-order valence-corrected chi connectivity index (χ2v) is 6.20. The van der Waals surface area contributed by atoms with E-state index in [1.807, 2.05) is 0 Å². The third-order valence-electron chi connectivity index (χ3n) is 2.80. The molecule has 0 aromatic carbocycles. The second-order valence-electron chi connectivity index (χ2n) is 3.88. The number of hydrogen-bond acceptors (Lipinski definition) is 4. The molecule has 5 heteroatoms. The quantitative estimate of drug-likeness (QED) is 0.799. The van der Waals surface area contributed by atoms with Gasteiger partial charge in [-0.15, -0.1) is 0 Å². The van der Waals surface area contributed by atoms with Crippen LogP contribution < -0.4 is 0 Å². The van der Waals surface area contributed by atoms with Crippen LogP contribution in [0.15, 0.2) is 3.79 Å². The van der Waals surface area contributed by atoms with Crippen LogP contribution in [0.5, 0.6) is 0 Å². The number of thiazole rings is 1. The van der Waals surface area contributed by atoms with E-state index in [1.165, 1.54) is 37.0 Å². The lowest BCUT2D eigenvalue weighted by Crippen LogP contribution is -2.04. The number of hydrogen-bond donors (Lipinski definition) is 0. The molecule has 0 atom stereocenters. The van der Waals surface area contributed by atoms with E-state index in [4.69, 9.17) is 4.74 Å². The van der Waals surface area contributed by atoms with E-state index in [0.29, 0.717) is 17.5 Å². The maximum absolute atomic E-state index is 11.5. The van der Waals surface area contributed by atoms with Gasteiger partial charge in [0.2, 0.25) is 5.01 Å². The molecule has 0 aliphatic heterocycles. The Labute approximate surface area is 107 Å². The molecule has 3 nitrogen and oxygen atoms in total. The molecule has 0 spiro atoms. The monoisotopic (exact) mass is 303 g/mol. The topological polar surface area (TPSA) is 39.2 Å². The summed E-state index contributed by atoms with van der Waals surface area (Å²) in [6, 6.07) is 0.